The molecule has 1 unspecified atom stereocenters. The number of hydrogen-bond donors (Lipinski definition) is 1. The molecule has 0 spiro atoms. The van der Waals surface area contributed by atoms with Crippen LogP contribution >= 0.6 is 0 Å². The van der Waals surface area contributed by atoms with Crippen LogP contribution in [-0.4, -0.2) is 41.9 Å². The smallest absolute Gasteiger partial charge is 0.223 e. The Kier molecular flexibility index (Phi) is 7.99. The number of rotatable bonds is 7. The van der Waals surface area contributed by atoms with Gasteiger partial charge >= 0.3 is 0 Å². The highest BCUT2D eigenvalue weighted by Gasteiger charge is 2.25. The molecule has 2 heterocycles. The van der Waals surface area contributed by atoms with Crippen molar-refractivity contribution < 1.29 is 4.79 Å². The number of hydrogen-bond acceptors (Lipinski definition) is 3. The van der Waals surface area contributed by atoms with Crippen molar-refractivity contribution >= 4 is 5.91 Å². The second-order valence-corrected chi connectivity index (χ2v) is 10.00. The van der Waals surface area contributed by atoms with E-state index in [1.54, 1.807) is 0 Å². The minimum absolute atomic E-state index is 0.140. The lowest BCUT2D eigenvalue weighted by Crippen LogP contribution is -2.40. The second-order valence-electron chi connectivity index (χ2n) is 10.00. The monoisotopic (exact) mass is 433 g/mol. The number of carbonyl (C=O) groups is 1. The second kappa shape index (κ2) is 11.1. The van der Waals surface area contributed by atoms with E-state index < -0.39 is 0 Å². The number of aryl methyl sites for hydroxylation is 1. The summed E-state index contributed by atoms with van der Waals surface area (Å²) in [4.78, 5) is 17.8. The average molecular weight is 434 g/mol. The van der Waals surface area contributed by atoms with Crippen LogP contribution in [0.25, 0.3) is 0 Å². The van der Waals surface area contributed by atoms with Gasteiger partial charge in [0.25, 0.3) is 0 Å². The summed E-state index contributed by atoms with van der Waals surface area (Å²) >= 11 is 0. The number of piperidine rings is 2. The highest BCUT2D eigenvalue weighted by atomic mass is 16.1. The van der Waals surface area contributed by atoms with Crippen LogP contribution in [0.15, 0.2) is 48.5 Å². The number of carbonyl (C=O) groups excluding carboxylic acids is 1. The summed E-state index contributed by atoms with van der Waals surface area (Å²) in [6, 6.07) is 17.4. The Morgan fingerprint density at radius 2 is 1.72 bits per heavy atom. The van der Waals surface area contributed by atoms with Crippen LogP contribution in [-0.2, 0) is 24.4 Å². The Morgan fingerprint density at radius 1 is 0.938 bits per heavy atom. The zero-order chi connectivity index (χ0) is 22.3. The molecule has 4 rings (SSSR count). The fourth-order valence-corrected chi connectivity index (χ4v) is 5.24. The lowest BCUT2D eigenvalue weighted by Gasteiger charge is -2.31. The highest BCUT2D eigenvalue weighted by molar-refractivity contribution is 5.78. The number of amides is 1. The van der Waals surface area contributed by atoms with Crippen molar-refractivity contribution in [3.05, 3.63) is 70.8 Å². The van der Waals surface area contributed by atoms with Gasteiger partial charge in [-0.25, -0.2) is 0 Å². The Bertz CT molecular complexity index is 888. The normalized spacial score (nSPS) is 20.9. The SMILES string of the molecule is Cc1ccccc1CN1CCC(C(=O)NCc2cccc(CN3CCCC(C)C3)c2)CC1. The molecular formula is C28H39N3O. The summed E-state index contributed by atoms with van der Waals surface area (Å²) in [5.74, 6) is 1.16. The van der Waals surface area contributed by atoms with Gasteiger partial charge in [0.1, 0.15) is 0 Å². The summed E-state index contributed by atoms with van der Waals surface area (Å²) in [6.45, 7) is 11.6. The first-order chi connectivity index (χ1) is 15.6. The van der Waals surface area contributed by atoms with Gasteiger partial charge in [-0.05, 0) is 80.4 Å². The molecule has 4 heteroatoms. The molecule has 0 aliphatic carbocycles. The van der Waals surface area contributed by atoms with Crippen molar-refractivity contribution in [2.75, 3.05) is 26.2 Å². The van der Waals surface area contributed by atoms with Crippen LogP contribution in [0, 0.1) is 18.8 Å². The largest absolute Gasteiger partial charge is 0.352 e. The Balaban J connectivity index is 1.22. The molecule has 1 amide bonds. The fraction of sp³-hybridized carbons (Fsp3) is 0.536. The lowest BCUT2D eigenvalue weighted by atomic mass is 9.95. The molecule has 2 saturated heterocycles. The van der Waals surface area contributed by atoms with Crippen LogP contribution in [0.5, 0.6) is 0 Å². The van der Waals surface area contributed by atoms with E-state index in [1.807, 2.05) is 0 Å². The minimum atomic E-state index is 0.140. The summed E-state index contributed by atoms with van der Waals surface area (Å²) < 4.78 is 0. The molecule has 4 nitrogen and oxygen atoms in total. The van der Waals surface area contributed by atoms with Crippen LogP contribution < -0.4 is 5.32 Å². The van der Waals surface area contributed by atoms with E-state index in [0.29, 0.717) is 6.54 Å². The van der Waals surface area contributed by atoms with E-state index in [1.165, 1.54) is 48.2 Å². The number of benzene rings is 2. The summed E-state index contributed by atoms with van der Waals surface area (Å²) in [6.07, 6.45) is 4.56. The van der Waals surface area contributed by atoms with E-state index in [-0.39, 0.29) is 11.8 Å². The fourth-order valence-electron chi connectivity index (χ4n) is 5.24. The molecule has 0 aromatic heterocycles. The minimum Gasteiger partial charge on any atom is -0.352 e. The van der Waals surface area contributed by atoms with Crippen molar-refractivity contribution in [2.45, 2.75) is 59.2 Å². The highest BCUT2D eigenvalue weighted by Crippen LogP contribution is 2.21. The van der Waals surface area contributed by atoms with Crippen molar-refractivity contribution in [3.63, 3.8) is 0 Å². The van der Waals surface area contributed by atoms with Gasteiger partial charge in [-0.15, -0.1) is 0 Å². The van der Waals surface area contributed by atoms with Gasteiger partial charge in [-0.2, -0.15) is 0 Å². The van der Waals surface area contributed by atoms with Gasteiger partial charge in [0.2, 0.25) is 5.91 Å². The zero-order valence-electron chi connectivity index (χ0n) is 19.9. The zero-order valence-corrected chi connectivity index (χ0v) is 19.9. The van der Waals surface area contributed by atoms with Gasteiger partial charge < -0.3 is 5.32 Å². The standard InChI is InChI=1S/C28H39N3O/c1-22-7-6-14-31(19-22)20-25-10-5-9-24(17-25)18-29-28(32)26-12-15-30(16-13-26)21-27-11-4-3-8-23(27)2/h3-5,8-11,17,22,26H,6-7,12-16,18-21H2,1-2H3,(H,29,32). The molecule has 1 N–H and O–H groups in total. The van der Waals surface area contributed by atoms with E-state index in [2.05, 4.69) is 77.5 Å². The van der Waals surface area contributed by atoms with E-state index in [9.17, 15) is 4.79 Å². The van der Waals surface area contributed by atoms with Crippen molar-refractivity contribution in [3.8, 4) is 0 Å². The number of nitrogens with zero attached hydrogens (tertiary/aromatic N) is 2. The van der Waals surface area contributed by atoms with Crippen LogP contribution in [0.3, 0.4) is 0 Å². The Labute approximate surface area is 194 Å². The molecule has 2 fully saturated rings. The average Bonchev–Trinajstić information content (AvgIpc) is 2.80. The summed E-state index contributed by atoms with van der Waals surface area (Å²) in [5.41, 5.74) is 5.31. The van der Waals surface area contributed by atoms with Gasteiger partial charge in [-0.1, -0.05) is 55.5 Å². The molecule has 0 bridgehead atoms. The van der Waals surface area contributed by atoms with Gasteiger partial charge in [0, 0.05) is 32.1 Å². The summed E-state index contributed by atoms with van der Waals surface area (Å²) in [5, 5.41) is 3.21. The van der Waals surface area contributed by atoms with E-state index in [4.69, 9.17) is 0 Å². The maximum atomic E-state index is 12.8. The van der Waals surface area contributed by atoms with E-state index in [0.717, 1.165) is 44.9 Å². The predicted octanol–water partition coefficient (Wildman–Crippen LogP) is 4.76. The van der Waals surface area contributed by atoms with Gasteiger partial charge in [0.15, 0.2) is 0 Å². The maximum absolute atomic E-state index is 12.8. The Morgan fingerprint density at radius 3 is 2.50 bits per heavy atom. The quantitative estimate of drug-likeness (QED) is 0.684. The summed E-state index contributed by atoms with van der Waals surface area (Å²) in [7, 11) is 0. The lowest BCUT2D eigenvalue weighted by molar-refractivity contribution is -0.126. The molecular weight excluding hydrogens is 394 g/mol. The van der Waals surface area contributed by atoms with Gasteiger partial charge in [0.05, 0.1) is 0 Å². The first-order valence-corrected chi connectivity index (χ1v) is 12.4. The molecule has 2 aliphatic heterocycles. The van der Waals surface area contributed by atoms with E-state index >= 15 is 0 Å². The van der Waals surface area contributed by atoms with Crippen molar-refractivity contribution in [2.24, 2.45) is 11.8 Å². The van der Waals surface area contributed by atoms with Crippen molar-refractivity contribution in [1.29, 1.82) is 0 Å². The molecule has 2 aromatic carbocycles. The topological polar surface area (TPSA) is 35.6 Å². The molecule has 2 aliphatic rings. The first kappa shape index (κ1) is 23.0. The maximum Gasteiger partial charge on any atom is 0.223 e. The predicted molar refractivity (Wildman–Crippen MR) is 131 cm³/mol. The van der Waals surface area contributed by atoms with Gasteiger partial charge in [-0.3, -0.25) is 14.6 Å². The molecule has 1 atom stereocenters. The molecule has 0 saturated carbocycles. The molecule has 172 valence electrons. The Hall–Kier alpha value is -2.17. The number of nitrogens with one attached hydrogen (secondary N) is 1. The molecule has 2 aromatic rings. The van der Waals surface area contributed by atoms with Crippen LogP contribution in [0.4, 0.5) is 0 Å². The number of likely N-dealkylation sites (tertiary alicyclic amines) is 2. The van der Waals surface area contributed by atoms with Crippen LogP contribution in [0.2, 0.25) is 0 Å². The third kappa shape index (κ3) is 6.43. The third-order valence-electron chi connectivity index (χ3n) is 7.22. The first-order valence-electron chi connectivity index (χ1n) is 12.4. The molecule has 0 radical (unpaired) electrons. The van der Waals surface area contributed by atoms with Crippen LogP contribution in [0.1, 0.15) is 54.9 Å². The third-order valence-corrected chi connectivity index (χ3v) is 7.22. The molecule has 32 heavy (non-hydrogen) atoms. The van der Waals surface area contributed by atoms with Crippen molar-refractivity contribution in [1.82, 2.24) is 15.1 Å².